The van der Waals surface area contributed by atoms with Crippen LogP contribution in [-0.4, -0.2) is 26.6 Å². The summed E-state index contributed by atoms with van der Waals surface area (Å²) in [5, 5.41) is 3.07. The first kappa shape index (κ1) is 20.1. The van der Waals surface area contributed by atoms with Crippen LogP contribution in [0.1, 0.15) is 29.8 Å². The SMILES string of the molecule is CC(NC(OCc1ccc(CS(C)(=O)=O)cc1)c1ccccc1)C(N)=O. The number of nitrogens with two attached hydrogens (primary N) is 1. The molecule has 7 heteroatoms. The summed E-state index contributed by atoms with van der Waals surface area (Å²) in [5.74, 6) is -0.446. The maximum Gasteiger partial charge on any atom is 0.234 e. The topological polar surface area (TPSA) is 98.5 Å². The number of sulfone groups is 1. The van der Waals surface area contributed by atoms with Gasteiger partial charge in [-0.25, -0.2) is 8.42 Å². The number of primary amides is 1. The molecule has 0 spiro atoms. The quantitative estimate of drug-likeness (QED) is 0.652. The van der Waals surface area contributed by atoms with Gasteiger partial charge in [-0.15, -0.1) is 0 Å². The molecule has 0 fully saturated rings. The molecule has 0 aliphatic heterocycles. The van der Waals surface area contributed by atoms with E-state index >= 15 is 0 Å². The van der Waals surface area contributed by atoms with Crippen molar-refractivity contribution >= 4 is 15.7 Å². The third-order valence-corrected chi connectivity index (χ3v) is 4.66. The fraction of sp³-hybridized carbons (Fsp3) is 0.316. The Balaban J connectivity index is 2.05. The molecular weight excluding hydrogens is 352 g/mol. The van der Waals surface area contributed by atoms with Crippen LogP contribution in [-0.2, 0) is 31.7 Å². The van der Waals surface area contributed by atoms with Gasteiger partial charge in [-0.05, 0) is 23.6 Å². The average Bonchev–Trinajstić information content (AvgIpc) is 2.59. The highest BCUT2D eigenvalue weighted by atomic mass is 32.2. The highest BCUT2D eigenvalue weighted by molar-refractivity contribution is 7.89. The zero-order valence-corrected chi connectivity index (χ0v) is 15.7. The fourth-order valence-corrected chi connectivity index (χ4v) is 3.19. The van der Waals surface area contributed by atoms with E-state index in [-0.39, 0.29) is 5.75 Å². The number of ether oxygens (including phenoxy) is 1. The van der Waals surface area contributed by atoms with Crippen LogP contribution in [0, 0.1) is 0 Å². The lowest BCUT2D eigenvalue weighted by atomic mass is 10.1. The summed E-state index contributed by atoms with van der Waals surface area (Å²) >= 11 is 0. The van der Waals surface area contributed by atoms with E-state index in [4.69, 9.17) is 10.5 Å². The Morgan fingerprint density at radius 2 is 1.65 bits per heavy atom. The fourth-order valence-electron chi connectivity index (χ4n) is 2.39. The van der Waals surface area contributed by atoms with Crippen LogP contribution < -0.4 is 11.1 Å². The Bertz CT molecular complexity index is 820. The largest absolute Gasteiger partial charge is 0.368 e. The van der Waals surface area contributed by atoms with Crippen LogP contribution in [0.3, 0.4) is 0 Å². The van der Waals surface area contributed by atoms with E-state index in [9.17, 15) is 13.2 Å². The molecule has 1 amide bonds. The summed E-state index contributed by atoms with van der Waals surface area (Å²) < 4.78 is 28.6. The van der Waals surface area contributed by atoms with Crippen molar-refractivity contribution in [1.82, 2.24) is 5.32 Å². The van der Waals surface area contributed by atoms with Gasteiger partial charge in [0.1, 0.15) is 6.23 Å². The maximum absolute atomic E-state index is 11.3. The Morgan fingerprint density at radius 3 is 2.19 bits per heavy atom. The second-order valence-electron chi connectivity index (χ2n) is 6.28. The van der Waals surface area contributed by atoms with Gasteiger partial charge in [0.15, 0.2) is 9.84 Å². The number of amides is 1. The second-order valence-corrected chi connectivity index (χ2v) is 8.42. The van der Waals surface area contributed by atoms with Crippen molar-refractivity contribution in [2.75, 3.05) is 6.26 Å². The van der Waals surface area contributed by atoms with E-state index in [1.54, 1.807) is 19.1 Å². The average molecular weight is 376 g/mol. The van der Waals surface area contributed by atoms with E-state index in [1.807, 2.05) is 42.5 Å². The highest BCUT2D eigenvalue weighted by Crippen LogP contribution is 2.18. The molecule has 0 aliphatic carbocycles. The third-order valence-electron chi connectivity index (χ3n) is 3.80. The van der Waals surface area contributed by atoms with Crippen molar-refractivity contribution in [3.8, 4) is 0 Å². The minimum absolute atomic E-state index is 0.0124. The number of hydrogen-bond acceptors (Lipinski definition) is 5. The Kier molecular flexibility index (Phi) is 6.90. The molecule has 2 aromatic carbocycles. The molecule has 0 heterocycles. The minimum atomic E-state index is -3.06. The molecule has 2 unspecified atom stereocenters. The summed E-state index contributed by atoms with van der Waals surface area (Å²) in [6.07, 6.45) is 0.717. The molecule has 0 aliphatic rings. The van der Waals surface area contributed by atoms with Gasteiger partial charge in [-0.2, -0.15) is 0 Å². The van der Waals surface area contributed by atoms with Gasteiger partial charge in [0.25, 0.3) is 0 Å². The van der Waals surface area contributed by atoms with Crippen molar-refractivity contribution < 1.29 is 17.9 Å². The minimum Gasteiger partial charge on any atom is -0.368 e. The normalized spacial score (nSPS) is 13.9. The van der Waals surface area contributed by atoms with Crippen LogP contribution in [0.15, 0.2) is 54.6 Å². The first-order valence-corrected chi connectivity index (χ1v) is 10.3. The molecule has 0 saturated carbocycles. The third kappa shape index (κ3) is 6.59. The van der Waals surface area contributed by atoms with Gasteiger partial charge in [0.05, 0.1) is 18.4 Å². The molecule has 2 atom stereocenters. The summed E-state index contributed by atoms with van der Waals surface area (Å²) in [5.41, 5.74) is 7.85. The summed E-state index contributed by atoms with van der Waals surface area (Å²) in [6, 6.07) is 16.2. The molecular formula is C19H24N2O4S. The van der Waals surface area contributed by atoms with E-state index < -0.39 is 28.0 Å². The molecule has 0 radical (unpaired) electrons. The van der Waals surface area contributed by atoms with Crippen molar-refractivity contribution in [3.63, 3.8) is 0 Å². The lowest BCUT2D eigenvalue weighted by molar-refractivity contribution is -0.121. The molecule has 3 N–H and O–H groups in total. The molecule has 0 saturated heterocycles. The van der Waals surface area contributed by atoms with Crippen molar-refractivity contribution in [2.24, 2.45) is 5.73 Å². The molecule has 2 aromatic rings. The number of nitrogens with one attached hydrogen (secondary N) is 1. The van der Waals surface area contributed by atoms with E-state index in [0.717, 1.165) is 16.7 Å². The van der Waals surface area contributed by atoms with Crippen LogP contribution >= 0.6 is 0 Å². The summed E-state index contributed by atoms with van der Waals surface area (Å²) in [6.45, 7) is 1.98. The number of rotatable bonds is 9. The molecule has 26 heavy (non-hydrogen) atoms. The van der Waals surface area contributed by atoms with Crippen LogP contribution in [0.5, 0.6) is 0 Å². The van der Waals surface area contributed by atoms with Crippen molar-refractivity contribution in [1.29, 1.82) is 0 Å². The van der Waals surface area contributed by atoms with E-state index in [0.29, 0.717) is 6.61 Å². The smallest absolute Gasteiger partial charge is 0.234 e. The first-order chi connectivity index (χ1) is 12.2. The van der Waals surface area contributed by atoms with Gasteiger partial charge in [0, 0.05) is 6.26 Å². The van der Waals surface area contributed by atoms with Crippen LogP contribution in [0.25, 0.3) is 0 Å². The Morgan fingerprint density at radius 1 is 1.08 bits per heavy atom. The molecule has 2 rings (SSSR count). The van der Waals surface area contributed by atoms with Crippen molar-refractivity contribution in [2.45, 2.75) is 31.6 Å². The van der Waals surface area contributed by atoms with Crippen LogP contribution in [0.4, 0.5) is 0 Å². The van der Waals surface area contributed by atoms with E-state index in [2.05, 4.69) is 5.32 Å². The zero-order valence-electron chi connectivity index (χ0n) is 14.9. The number of carbonyl (C=O) groups excluding carboxylic acids is 1. The molecule has 6 nitrogen and oxygen atoms in total. The van der Waals surface area contributed by atoms with E-state index in [1.165, 1.54) is 6.26 Å². The summed E-state index contributed by atoms with van der Waals surface area (Å²) in [4.78, 5) is 11.3. The van der Waals surface area contributed by atoms with Gasteiger partial charge in [-0.1, -0.05) is 54.6 Å². The predicted molar refractivity (Wildman–Crippen MR) is 101 cm³/mol. The van der Waals surface area contributed by atoms with Crippen molar-refractivity contribution in [3.05, 3.63) is 71.3 Å². The monoisotopic (exact) mass is 376 g/mol. The zero-order chi connectivity index (χ0) is 19.2. The molecule has 0 bridgehead atoms. The number of carbonyl (C=O) groups is 1. The number of hydrogen-bond donors (Lipinski definition) is 2. The van der Waals surface area contributed by atoms with Gasteiger partial charge in [0.2, 0.25) is 5.91 Å². The molecule has 140 valence electrons. The van der Waals surface area contributed by atoms with Gasteiger partial charge < -0.3 is 10.5 Å². The Hall–Kier alpha value is -2.22. The molecule has 0 aromatic heterocycles. The Labute approximate surface area is 154 Å². The first-order valence-electron chi connectivity index (χ1n) is 8.22. The predicted octanol–water partition coefficient (Wildman–Crippen LogP) is 1.91. The summed E-state index contributed by atoms with van der Waals surface area (Å²) in [7, 11) is -3.06. The van der Waals surface area contributed by atoms with Gasteiger partial charge in [-0.3, -0.25) is 10.1 Å². The lowest BCUT2D eigenvalue weighted by Gasteiger charge is -2.22. The van der Waals surface area contributed by atoms with Crippen LogP contribution in [0.2, 0.25) is 0 Å². The standard InChI is InChI=1S/C19H24N2O4S/c1-14(18(20)22)21-19(17-6-4-3-5-7-17)25-12-15-8-10-16(11-9-15)13-26(2,23)24/h3-11,14,19,21H,12-13H2,1-2H3,(H2,20,22). The second kappa shape index (κ2) is 8.93. The highest BCUT2D eigenvalue weighted by Gasteiger charge is 2.18. The maximum atomic E-state index is 11.3. The van der Waals surface area contributed by atoms with Gasteiger partial charge >= 0.3 is 0 Å². The lowest BCUT2D eigenvalue weighted by Crippen LogP contribution is -2.41. The number of benzene rings is 2.